The molecule has 130 valence electrons. The summed E-state index contributed by atoms with van der Waals surface area (Å²) in [7, 11) is 0. The second-order valence-corrected chi connectivity index (χ2v) is 5.49. The summed E-state index contributed by atoms with van der Waals surface area (Å²) >= 11 is 5.60. The van der Waals surface area contributed by atoms with E-state index in [9.17, 15) is 13.2 Å². The van der Waals surface area contributed by atoms with Crippen molar-refractivity contribution in [2.75, 3.05) is 22.9 Å². The molecule has 1 heterocycles. The maximum Gasteiger partial charge on any atom is 0.417 e. The molecule has 0 aliphatic rings. The molecular formula is C15H17ClF3N5. The Kier molecular flexibility index (Phi) is 5.71. The second kappa shape index (κ2) is 7.57. The molecule has 4 N–H and O–H groups in total. The summed E-state index contributed by atoms with van der Waals surface area (Å²) in [5.41, 5.74) is 5.45. The summed E-state index contributed by atoms with van der Waals surface area (Å²) < 4.78 is 38.7. The summed E-state index contributed by atoms with van der Waals surface area (Å²) in [5, 5.41) is 5.47. The van der Waals surface area contributed by atoms with Gasteiger partial charge in [-0.3, -0.25) is 0 Å². The molecule has 0 aliphatic carbocycles. The van der Waals surface area contributed by atoms with Crippen molar-refractivity contribution in [1.82, 2.24) is 9.97 Å². The Bertz CT molecular complexity index is 706. The molecule has 2 rings (SSSR count). The summed E-state index contributed by atoms with van der Waals surface area (Å²) in [4.78, 5) is 8.01. The Morgan fingerprint density at radius 3 is 2.58 bits per heavy atom. The van der Waals surface area contributed by atoms with Gasteiger partial charge in [0.15, 0.2) is 11.6 Å². The first-order chi connectivity index (χ1) is 11.3. The zero-order valence-corrected chi connectivity index (χ0v) is 13.7. The van der Waals surface area contributed by atoms with E-state index in [-0.39, 0.29) is 22.2 Å². The lowest BCUT2D eigenvalue weighted by atomic mass is 10.2. The number of rotatable bonds is 6. The van der Waals surface area contributed by atoms with Crippen molar-refractivity contribution in [3.05, 3.63) is 35.1 Å². The lowest BCUT2D eigenvalue weighted by molar-refractivity contribution is -0.137. The minimum absolute atomic E-state index is 0.177. The quantitative estimate of drug-likeness (QED) is 0.652. The van der Waals surface area contributed by atoms with Crippen LogP contribution in [0.3, 0.4) is 0 Å². The Morgan fingerprint density at radius 1 is 1.21 bits per heavy atom. The predicted octanol–water partition coefficient (Wildman–Crippen LogP) is 4.69. The van der Waals surface area contributed by atoms with Crippen molar-refractivity contribution in [3.8, 4) is 0 Å². The molecule has 0 radical (unpaired) electrons. The molecule has 0 fully saturated rings. The lowest BCUT2D eigenvalue weighted by Crippen LogP contribution is -2.10. The first-order valence-corrected chi connectivity index (χ1v) is 7.68. The molecular weight excluding hydrogens is 343 g/mol. The van der Waals surface area contributed by atoms with Crippen molar-refractivity contribution in [2.24, 2.45) is 0 Å². The second-order valence-electron chi connectivity index (χ2n) is 5.08. The van der Waals surface area contributed by atoms with Gasteiger partial charge in [-0.05, 0) is 24.6 Å². The number of hydrogen-bond donors (Lipinski definition) is 3. The molecule has 0 atom stereocenters. The molecule has 0 amide bonds. The van der Waals surface area contributed by atoms with E-state index in [0.29, 0.717) is 12.4 Å². The van der Waals surface area contributed by atoms with Crippen LogP contribution in [0.5, 0.6) is 0 Å². The normalized spacial score (nSPS) is 11.4. The van der Waals surface area contributed by atoms with Gasteiger partial charge >= 0.3 is 6.18 Å². The molecule has 1 aromatic carbocycles. The van der Waals surface area contributed by atoms with Crippen LogP contribution < -0.4 is 16.4 Å². The molecule has 0 saturated heterocycles. The summed E-state index contributed by atoms with van der Waals surface area (Å²) in [5.74, 6) is 0.658. The molecule has 1 aromatic heterocycles. The molecule has 0 aliphatic heterocycles. The van der Waals surface area contributed by atoms with Crippen molar-refractivity contribution in [2.45, 2.75) is 25.9 Å². The molecule has 0 unspecified atom stereocenters. The number of nitrogens with one attached hydrogen (secondary N) is 2. The Labute approximate surface area is 142 Å². The fraction of sp³-hybridized carbons (Fsp3) is 0.333. The van der Waals surface area contributed by atoms with Crippen LogP contribution in [-0.2, 0) is 6.18 Å². The summed E-state index contributed by atoms with van der Waals surface area (Å²) in [6.45, 7) is 2.74. The first-order valence-electron chi connectivity index (χ1n) is 7.31. The van der Waals surface area contributed by atoms with Crippen LogP contribution in [0.25, 0.3) is 0 Å². The van der Waals surface area contributed by atoms with E-state index in [4.69, 9.17) is 17.3 Å². The average molecular weight is 360 g/mol. The van der Waals surface area contributed by atoms with E-state index in [1.165, 1.54) is 18.5 Å². The van der Waals surface area contributed by atoms with Gasteiger partial charge in [0.2, 0.25) is 0 Å². The Morgan fingerprint density at radius 2 is 1.92 bits per heavy atom. The highest BCUT2D eigenvalue weighted by molar-refractivity contribution is 6.31. The fourth-order valence-corrected chi connectivity index (χ4v) is 2.20. The summed E-state index contributed by atoms with van der Waals surface area (Å²) in [6, 6.07) is 3.50. The van der Waals surface area contributed by atoms with Crippen molar-refractivity contribution < 1.29 is 13.2 Å². The Balaban J connectivity index is 2.24. The third kappa shape index (κ3) is 4.41. The van der Waals surface area contributed by atoms with E-state index in [2.05, 4.69) is 27.5 Å². The smallest absolute Gasteiger partial charge is 0.393 e. The number of nitrogens with zero attached hydrogens (tertiary/aromatic N) is 2. The van der Waals surface area contributed by atoms with Gasteiger partial charge in [0.05, 0.1) is 10.6 Å². The number of nitrogens with two attached hydrogens (primary N) is 1. The number of unbranched alkanes of at least 4 members (excludes halogenated alkanes) is 1. The minimum Gasteiger partial charge on any atom is -0.393 e. The predicted molar refractivity (Wildman–Crippen MR) is 89.6 cm³/mol. The SMILES string of the molecule is CCCCNc1ncnc(Nc2ccc(Cl)c(C(F)(F)F)c2)c1N. The number of anilines is 4. The number of hydrogen-bond acceptors (Lipinski definition) is 5. The van der Waals surface area contributed by atoms with E-state index in [0.717, 1.165) is 18.9 Å². The standard InChI is InChI=1S/C15H17ClF3N5/c1-2-3-6-21-13-12(20)14(23-8-22-13)24-9-4-5-11(16)10(7-9)15(17,18)19/h4-5,7-8H,2-3,6,20H2,1H3,(H2,21,22,23,24). The molecule has 24 heavy (non-hydrogen) atoms. The molecule has 0 saturated carbocycles. The lowest BCUT2D eigenvalue weighted by Gasteiger charge is -2.14. The highest BCUT2D eigenvalue weighted by atomic mass is 35.5. The minimum atomic E-state index is -4.54. The zero-order valence-electron chi connectivity index (χ0n) is 12.9. The van der Waals surface area contributed by atoms with Gasteiger partial charge in [0.1, 0.15) is 12.0 Å². The number of halogens is 4. The van der Waals surface area contributed by atoms with Gasteiger partial charge in [-0.15, -0.1) is 0 Å². The summed E-state index contributed by atoms with van der Waals surface area (Å²) in [6.07, 6.45) is -1.31. The van der Waals surface area contributed by atoms with Crippen LogP contribution in [0.1, 0.15) is 25.3 Å². The largest absolute Gasteiger partial charge is 0.417 e. The van der Waals surface area contributed by atoms with Crippen molar-refractivity contribution >= 4 is 34.6 Å². The van der Waals surface area contributed by atoms with Gasteiger partial charge in [0.25, 0.3) is 0 Å². The van der Waals surface area contributed by atoms with Crippen LogP contribution in [0, 0.1) is 0 Å². The highest BCUT2D eigenvalue weighted by Crippen LogP contribution is 2.37. The van der Waals surface area contributed by atoms with Crippen LogP contribution in [0.4, 0.5) is 36.2 Å². The Hall–Kier alpha value is -2.22. The highest BCUT2D eigenvalue weighted by Gasteiger charge is 2.33. The maximum atomic E-state index is 12.9. The van der Waals surface area contributed by atoms with E-state index in [1.807, 2.05) is 0 Å². The number of aromatic nitrogens is 2. The molecule has 5 nitrogen and oxygen atoms in total. The van der Waals surface area contributed by atoms with Gasteiger partial charge in [-0.25, -0.2) is 9.97 Å². The van der Waals surface area contributed by atoms with E-state index >= 15 is 0 Å². The third-order valence-electron chi connectivity index (χ3n) is 3.24. The number of nitrogen functional groups attached to an aromatic ring is 1. The first kappa shape index (κ1) is 18.1. The van der Waals surface area contributed by atoms with Crippen LogP contribution in [-0.4, -0.2) is 16.5 Å². The van der Waals surface area contributed by atoms with Crippen molar-refractivity contribution in [3.63, 3.8) is 0 Å². The monoisotopic (exact) mass is 359 g/mol. The molecule has 2 aromatic rings. The molecule has 0 bridgehead atoms. The van der Waals surface area contributed by atoms with Crippen LogP contribution >= 0.6 is 11.6 Å². The van der Waals surface area contributed by atoms with E-state index < -0.39 is 11.7 Å². The molecule has 0 spiro atoms. The van der Waals surface area contributed by atoms with Gasteiger partial charge in [-0.2, -0.15) is 13.2 Å². The fourth-order valence-electron chi connectivity index (χ4n) is 1.98. The van der Waals surface area contributed by atoms with E-state index in [1.54, 1.807) is 0 Å². The number of benzene rings is 1. The zero-order chi connectivity index (χ0) is 17.7. The molecule has 9 heteroatoms. The van der Waals surface area contributed by atoms with Crippen molar-refractivity contribution in [1.29, 1.82) is 0 Å². The topological polar surface area (TPSA) is 75.9 Å². The van der Waals surface area contributed by atoms with Gasteiger partial charge in [-0.1, -0.05) is 24.9 Å². The maximum absolute atomic E-state index is 12.9. The average Bonchev–Trinajstić information content (AvgIpc) is 2.52. The van der Waals surface area contributed by atoms with Gasteiger partial charge in [0, 0.05) is 12.2 Å². The van der Waals surface area contributed by atoms with Gasteiger partial charge < -0.3 is 16.4 Å². The number of alkyl halides is 3. The van der Waals surface area contributed by atoms with Crippen LogP contribution in [0.2, 0.25) is 5.02 Å². The van der Waals surface area contributed by atoms with Crippen LogP contribution in [0.15, 0.2) is 24.5 Å². The third-order valence-corrected chi connectivity index (χ3v) is 3.57.